The molecule has 0 aromatic heterocycles. The fourth-order valence-corrected chi connectivity index (χ4v) is 6.30. The number of carbonyl (C=O) groups excluding carboxylic acids is 1. The van der Waals surface area contributed by atoms with Crippen LogP contribution in [0.2, 0.25) is 0 Å². The minimum atomic E-state index is -0.703. The normalized spacial score (nSPS) is 12.4. The number of unbranched alkanes of at least 4 members (excludes halogenated alkanes) is 25. The quantitative estimate of drug-likeness (QED) is 0.0407. The van der Waals surface area contributed by atoms with E-state index in [1.165, 1.54) is 135 Å². The van der Waals surface area contributed by atoms with E-state index < -0.39 is 5.97 Å². The average molecular weight is 661 g/mol. The van der Waals surface area contributed by atoms with E-state index >= 15 is 0 Å². The molecule has 0 aliphatic rings. The van der Waals surface area contributed by atoms with Crippen molar-refractivity contribution in [2.75, 3.05) is 0 Å². The highest BCUT2D eigenvalue weighted by molar-refractivity contribution is 5.69. The van der Waals surface area contributed by atoms with Gasteiger partial charge in [0.05, 0.1) is 0 Å². The Morgan fingerprint density at radius 2 is 0.787 bits per heavy atom. The second-order valence-corrected chi connectivity index (χ2v) is 14.2. The van der Waals surface area contributed by atoms with Crippen LogP contribution in [0.3, 0.4) is 0 Å². The number of carbonyl (C=O) groups is 2. The summed E-state index contributed by atoms with van der Waals surface area (Å²) in [4.78, 5) is 23.4. The SMILES string of the molecule is CCCCCCCC/C=C\CCCC(CCCCCCCC(=O)O)OC(=O)CCCCCCCCC/C=C\CCCCCCCCC. The average Bonchev–Trinajstić information content (AvgIpc) is 3.05. The largest absolute Gasteiger partial charge is 0.481 e. The van der Waals surface area contributed by atoms with E-state index in [-0.39, 0.29) is 18.5 Å². The number of esters is 1. The second-order valence-electron chi connectivity index (χ2n) is 14.2. The maximum Gasteiger partial charge on any atom is 0.306 e. The monoisotopic (exact) mass is 661 g/mol. The molecule has 0 fully saturated rings. The molecule has 1 unspecified atom stereocenters. The number of aliphatic carboxylic acids is 1. The Kier molecular flexibility index (Phi) is 37.6. The highest BCUT2D eigenvalue weighted by atomic mass is 16.5. The van der Waals surface area contributed by atoms with E-state index in [1.807, 2.05) is 0 Å². The molecule has 0 aliphatic carbocycles. The maximum absolute atomic E-state index is 12.7. The van der Waals surface area contributed by atoms with Gasteiger partial charge in [0.2, 0.25) is 0 Å². The van der Waals surface area contributed by atoms with Crippen molar-refractivity contribution in [3.05, 3.63) is 24.3 Å². The molecule has 0 bridgehead atoms. The lowest BCUT2D eigenvalue weighted by Gasteiger charge is -2.18. The van der Waals surface area contributed by atoms with E-state index in [0.717, 1.165) is 70.6 Å². The van der Waals surface area contributed by atoms with Gasteiger partial charge in [0.1, 0.15) is 6.10 Å². The Labute approximate surface area is 293 Å². The van der Waals surface area contributed by atoms with Crippen LogP contribution >= 0.6 is 0 Å². The minimum absolute atomic E-state index is 0.0154. The molecule has 1 N–H and O–H groups in total. The van der Waals surface area contributed by atoms with Crippen molar-refractivity contribution in [2.24, 2.45) is 0 Å². The summed E-state index contributed by atoms with van der Waals surface area (Å²) in [6.07, 6.45) is 49.2. The lowest BCUT2D eigenvalue weighted by Crippen LogP contribution is -2.18. The van der Waals surface area contributed by atoms with E-state index in [1.54, 1.807) is 0 Å². The van der Waals surface area contributed by atoms with Crippen LogP contribution in [0.15, 0.2) is 24.3 Å². The van der Waals surface area contributed by atoms with Gasteiger partial charge >= 0.3 is 11.9 Å². The lowest BCUT2D eigenvalue weighted by molar-refractivity contribution is -0.150. The molecular weight excluding hydrogens is 580 g/mol. The van der Waals surface area contributed by atoms with Crippen molar-refractivity contribution >= 4 is 11.9 Å². The molecule has 0 radical (unpaired) electrons. The molecule has 0 saturated carbocycles. The first-order valence-corrected chi connectivity index (χ1v) is 20.8. The summed E-state index contributed by atoms with van der Waals surface area (Å²) in [5.41, 5.74) is 0. The third-order valence-electron chi connectivity index (χ3n) is 9.40. The summed E-state index contributed by atoms with van der Waals surface area (Å²) in [7, 11) is 0. The van der Waals surface area contributed by atoms with Gasteiger partial charge in [-0.25, -0.2) is 0 Å². The molecule has 276 valence electrons. The van der Waals surface area contributed by atoms with Crippen LogP contribution in [0.4, 0.5) is 0 Å². The molecule has 0 heterocycles. The van der Waals surface area contributed by atoms with Gasteiger partial charge in [-0.05, 0) is 83.5 Å². The number of rotatable bonds is 38. The first kappa shape index (κ1) is 45.4. The summed E-state index contributed by atoms with van der Waals surface area (Å²) in [5, 5.41) is 8.82. The molecule has 4 heteroatoms. The Morgan fingerprint density at radius 3 is 1.23 bits per heavy atom. The zero-order valence-electron chi connectivity index (χ0n) is 31.6. The van der Waals surface area contributed by atoms with Gasteiger partial charge in [-0.15, -0.1) is 0 Å². The van der Waals surface area contributed by atoms with Crippen LogP contribution in [-0.4, -0.2) is 23.1 Å². The summed E-state index contributed by atoms with van der Waals surface area (Å²) in [6, 6.07) is 0. The van der Waals surface area contributed by atoms with Gasteiger partial charge in [0.25, 0.3) is 0 Å². The van der Waals surface area contributed by atoms with Gasteiger partial charge in [-0.2, -0.15) is 0 Å². The van der Waals surface area contributed by atoms with Crippen LogP contribution < -0.4 is 0 Å². The zero-order chi connectivity index (χ0) is 34.3. The second kappa shape index (κ2) is 38.9. The Balaban J connectivity index is 4.00. The molecule has 0 amide bonds. The predicted octanol–water partition coefficient (Wildman–Crippen LogP) is 14.4. The van der Waals surface area contributed by atoms with E-state index in [9.17, 15) is 9.59 Å². The topological polar surface area (TPSA) is 63.6 Å². The van der Waals surface area contributed by atoms with Crippen molar-refractivity contribution in [2.45, 2.75) is 238 Å². The standard InChI is InChI=1S/C43H80O4/c1-3-5-7-9-11-13-15-16-17-18-19-20-21-23-25-27-32-36-40-43(46)47-41(38-34-30-28-31-35-39-42(44)45)37-33-29-26-24-22-14-12-10-8-6-4-2/h17-18,24,26,41H,3-16,19-23,25,27-40H2,1-2H3,(H,44,45)/b18-17-,26-24-. The van der Waals surface area contributed by atoms with Gasteiger partial charge < -0.3 is 9.84 Å². The maximum atomic E-state index is 12.7. The lowest BCUT2D eigenvalue weighted by atomic mass is 10.0. The number of hydrogen-bond donors (Lipinski definition) is 1. The highest BCUT2D eigenvalue weighted by Gasteiger charge is 2.14. The van der Waals surface area contributed by atoms with Crippen LogP contribution in [0.5, 0.6) is 0 Å². The number of allylic oxidation sites excluding steroid dienone is 4. The molecule has 0 aromatic rings. The Hall–Kier alpha value is -1.58. The fraction of sp³-hybridized carbons (Fsp3) is 0.860. The first-order valence-electron chi connectivity index (χ1n) is 20.8. The first-order chi connectivity index (χ1) is 23.1. The molecule has 0 aliphatic heterocycles. The Bertz CT molecular complexity index is 713. The molecule has 0 aromatic carbocycles. The molecule has 0 rings (SSSR count). The molecular formula is C43H80O4. The Morgan fingerprint density at radius 1 is 0.447 bits per heavy atom. The number of hydrogen-bond acceptors (Lipinski definition) is 3. The zero-order valence-corrected chi connectivity index (χ0v) is 31.6. The van der Waals surface area contributed by atoms with Gasteiger partial charge in [0.15, 0.2) is 0 Å². The third kappa shape index (κ3) is 38.7. The summed E-state index contributed by atoms with van der Waals surface area (Å²) >= 11 is 0. The molecule has 0 saturated heterocycles. The molecule has 47 heavy (non-hydrogen) atoms. The van der Waals surface area contributed by atoms with Gasteiger partial charge in [-0.1, -0.05) is 160 Å². The molecule has 1 atom stereocenters. The predicted molar refractivity (Wildman–Crippen MR) is 204 cm³/mol. The van der Waals surface area contributed by atoms with E-state index in [4.69, 9.17) is 9.84 Å². The smallest absolute Gasteiger partial charge is 0.306 e. The van der Waals surface area contributed by atoms with Crippen molar-refractivity contribution < 1.29 is 19.4 Å². The highest BCUT2D eigenvalue weighted by Crippen LogP contribution is 2.18. The van der Waals surface area contributed by atoms with Crippen molar-refractivity contribution in [1.82, 2.24) is 0 Å². The van der Waals surface area contributed by atoms with Crippen LogP contribution in [0.25, 0.3) is 0 Å². The fourth-order valence-electron chi connectivity index (χ4n) is 6.30. The number of carboxylic acid groups (broad SMARTS) is 1. The molecule has 4 nitrogen and oxygen atoms in total. The molecule has 0 spiro atoms. The third-order valence-corrected chi connectivity index (χ3v) is 9.40. The minimum Gasteiger partial charge on any atom is -0.481 e. The van der Waals surface area contributed by atoms with Crippen LogP contribution in [0, 0.1) is 0 Å². The number of ether oxygens (including phenoxy) is 1. The van der Waals surface area contributed by atoms with Crippen molar-refractivity contribution in [1.29, 1.82) is 0 Å². The van der Waals surface area contributed by atoms with E-state index in [0.29, 0.717) is 6.42 Å². The summed E-state index contributed by atoms with van der Waals surface area (Å²) < 4.78 is 5.99. The van der Waals surface area contributed by atoms with Crippen molar-refractivity contribution in [3.63, 3.8) is 0 Å². The van der Waals surface area contributed by atoms with Crippen molar-refractivity contribution in [3.8, 4) is 0 Å². The van der Waals surface area contributed by atoms with Crippen LogP contribution in [0.1, 0.15) is 232 Å². The summed E-state index contributed by atoms with van der Waals surface area (Å²) in [6.45, 7) is 4.54. The van der Waals surface area contributed by atoms with E-state index in [2.05, 4.69) is 38.2 Å². The van der Waals surface area contributed by atoms with Gasteiger partial charge in [-0.3, -0.25) is 9.59 Å². The number of carboxylic acids is 1. The van der Waals surface area contributed by atoms with Gasteiger partial charge in [0, 0.05) is 12.8 Å². The van der Waals surface area contributed by atoms with Crippen LogP contribution in [-0.2, 0) is 14.3 Å². The summed E-state index contributed by atoms with van der Waals surface area (Å²) in [5.74, 6) is -0.719.